The van der Waals surface area contributed by atoms with Crippen LogP contribution in [0.2, 0.25) is 0 Å². The number of hydrogen-bond donors (Lipinski definition) is 1. The van der Waals surface area contributed by atoms with Crippen molar-refractivity contribution in [3.8, 4) is 0 Å². The molecule has 22 heavy (non-hydrogen) atoms. The first kappa shape index (κ1) is 16.7. The maximum Gasteiger partial charge on any atom is 0.410 e. The van der Waals surface area contributed by atoms with Gasteiger partial charge in [-0.25, -0.2) is 9.18 Å². The second-order valence-corrected chi connectivity index (χ2v) is 6.84. The zero-order valence-electron chi connectivity index (χ0n) is 13.3. The number of ether oxygens (including phenoxy) is 1. The molecule has 0 unspecified atom stereocenters. The number of likely N-dealkylation sites (tertiary alicyclic amines) is 1. The van der Waals surface area contributed by atoms with E-state index in [2.05, 4.69) is 4.98 Å². The average molecular weight is 310 g/mol. The van der Waals surface area contributed by atoms with E-state index in [9.17, 15) is 14.3 Å². The highest BCUT2D eigenvalue weighted by atomic mass is 19.1. The Hall–Kier alpha value is -1.69. The Morgan fingerprint density at radius 2 is 2.05 bits per heavy atom. The van der Waals surface area contributed by atoms with Crippen LogP contribution in [0.3, 0.4) is 0 Å². The molecule has 6 heteroatoms. The molecule has 0 atom stereocenters. The fraction of sp³-hybridized carbons (Fsp3) is 0.625. The summed E-state index contributed by atoms with van der Waals surface area (Å²) < 4.78 is 18.2. The van der Waals surface area contributed by atoms with Crippen LogP contribution >= 0.6 is 0 Å². The van der Waals surface area contributed by atoms with Crippen LogP contribution < -0.4 is 0 Å². The first-order valence-electron chi connectivity index (χ1n) is 7.48. The van der Waals surface area contributed by atoms with Gasteiger partial charge in [0.25, 0.3) is 0 Å². The summed E-state index contributed by atoms with van der Waals surface area (Å²) in [6.07, 6.45) is 2.05. The van der Waals surface area contributed by atoms with E-state index in [0.717, 1.165) is 6.20 Å². The third-order valence-corrected chi connectivity index (χ3v) is 3.64. The van der Waals surface area contributed by atoms with Gasteiger partial charge in [-0.15, -0.1) is 0 Å². The molecule has 2 rings (SSSR count). The van der Waals surface area contributed by atoms with Crippen molar-refractivity contribution in [2.75, 3.05) is 13.1 Å². The topological polar surface area (TPSA) is 62.7 Å². The molecule has 0 saturated carbocycles. The van der Waals surface area contributed by atoms with Gasteiger partial charge in [0.1, 0.15) is 11.4 Å². The molecule has 5 nitrogen and oxygen atoms in total. The minimum Gasteiger partial charge on any atom is -0.444 e. The summed E-state index contributed by atoms with van der Waals surface area (Å²) in [5, 5.41) is 10.6. The lowest BCUT2D eigenvalue weighted by molar-refractivity contribution is -0.0320. The van der Waals surface area contributed by atoms with Gasteiger partial charge >= 0.3 is 6.09 Å². The molecular weight excluding hydrogens is 287 g/mol. The number of hydrogen-bond acceptors (Lipinski definition) is 4. The molecule has 1 fully saturated rings. The zero-order chi connectivity index (χ0) is 16.4. The molecular formula is C16H23FN2O3. The number of rotatable bonds is 2. The Kier molecular flexibility index (Phi) is 4.70. The highest BCUT2D eigenvalue weighted by molar-refractivity contribution is 5.68. The Labute approximate surface area is 130 Å². The van der Waals surface area contributed by atoms with Crippen molar-refractivity contribution in [3.63, 3.8) is 0 Å². The quantitative estimate of drug-likeness (QED) is 0.912. The standard InChI is InChI=1S/C16H23FN2O3/c1-15(2,3)22-14(20)19-8-6-16(21,7-9-19)10-13-5-4-12(17)11-18-13/h4-5,11,21H,6-10H2,1-3H3. The first-order valence-corrected chi connectivity index (χ1v) is 7.48. The van der Waals surface area contributed by atoms with Gasteiger partial charge in [0, 0.05) is 25.2 Å². The number of amides is 1. The molecule has 1 saturated heterocycles. The maximum absolute atomic E-state index is 12.9. The number of nitrogens with zero attached hydrogens (tertiary/aromatic N) is 2. The van der Waals surface area contributed by atoms with E-state index in [0.29, 0.717) is 38.0 Å². The summed E-state index contributed by atoms with van der Waals surface area (Å²) in [5.74, 6) is -0.393. The summed E-state index contributed by atoms with van der Waals surface area (Å²) in [6.45, 7) is 6.35. The molecule has 1 N–H and O–H groups in total. The van der Waals surface area contributed by atoms with Crippen LogP contribution in [0.25, 0.3) is 0 Å². The summed E-state index contributed by atoms with van der Waals surface area (Å²) >= 11 is 0. The number of aromatic nitrogens is 1. The summed E-state index contributed by atoms with van der Waals surface area (Å²) in [4.78, 5) is 17.6. The molecule has 0 spiro atoms. The van der Waals surface area contributed by atoms with Crippen molar-refractivity contribution < 1.29 is 19.0 Å². The molecule has 1 aromatic rings. The molecule has 122 valence electrons. The maximum atomic E-state index is 12.9. The minimum absolute atomic E-state index is 0.352. The smallest absolute Gasteiger partial charge is 0.410 e. The second kappa shape index (κ2) is 6.20. The Morgan fingerprint density at radius 1 is 1.41 bits per heavy atom. The predicted octanol–water partition coefficient (Wildman–Crippen LogP) is 2.53. The van der Waals surface area contributed by atoms with E-state index in [1.807, 2.05) is 20.8 Å². The number of aliphatic hydroxyl groups is 1. The van der Waals surface area contributed by atoms with Crippen LogP contribution in [-0.2, 0) is 11.2 Å². The lowest BCUT2D eigenvalue weighted by Crippen LogP contribution is -2.49. The van der Waals surface area contributed by atoms with Crippen LogP contribution in [0.15, 0.2) is 18.3 Å². The largest absolute Gasteiger partial charge is 0.444 e. The molecule has 1 amide bonds. The monoisotopic (exact) mass is 310 g/mol. The van der Waals surface area contributed by atoms with Crippen LogP contribution in [0, 0.1) is 5.82 Å². The fourth-order valence-corrected chi connectivity index (χ4v) is 2.46. The van der Waals surface area contributed by atoms with E-state index in [4.69, 9.17) is 4.74 Å². The normalized spacial score (nSPS) is 18.1. The molecule has 0 radical (unpaired) electrons. The lowest BCUT2D eigenvalue weighted by Gasteiger charge is -2.38. The number of piperidine rings is 1. The number of pyridine rings is 1. The Morgan fingerprint density at radius 3 is 2.55 bits per heavy atom. The molecule has 1 aliphatic rings. The van der Waals surface area contributed by atoms with Gasteiger partial charge in [-0.3, -0.25) is 4.98 Å². The van der Waals surface area contributed by atoms with Gasteiger partial charge in [-0.2, -0.15) is 0 Å². The van der Waals surface area contributed by atoms with E-state index in [1.54, 1.807) is 11.0 Å². The molecule has 0 aromatic carbocycles. The van der Waals surface area contributed by atoms with Crippen LogP contribution in [0.5, 0.6) is 0 Å². The summed E-state index contributed by atoms with van der Waals surface area (Å²) in [6, 6.07) is 2.91. The molecule has 1 aromatic heterocycles. The zero-order valence-corrected chi connectivity index (χ0v) is 13.3. The third-order valence-electron chi connectivity index (χ3n) is 3.64. The SMILES string of the molecule is CC(C)(C)OC(=O)N1CCC(O)(Cc2ccc(F)cn2)CC1. The molecule has 0 bridgehead atoms. The van der Waals surface area contributed by atoms with Gasteiger partial charge in [-0.05, 0) is 45.7 Å². The minimum atomic E-state index is -0.913. The number of carbonyl (C=O) groups excluding carboxylic acids is 1. The molecule has 1 aliphatic heterocycles. The highest BCUT2D eigenvalue weighted by Crippen LogP contribution is 2.26. The lowest BCUT2D eigenvalue weighted by atomic mass is 9.87. The summed E-state index contributed by atoms with van der Waals surface area (Å²) in [5.41, 5.74) is -0.790. The van der Waals surface area contributed by atoms with Gasteiger partial charge < -0.3 is 14.7 Å². The van der Waals surface area contributed by atoms with Crippen molar-refractivity contribution in [2.24, 2.45) is 0 Å². The van der Waals surface area contributed by atoms with Crippen molar-refractivity contribution in [3.05, 3.63) is 29.8 Å². The van der Waals surface area contributed by atoms with E-state index in [-0.39, 0.29) is 6.09 Å². The summed E-state index contributed by atoms with van der Waals surface area (Å²) in [7, 11) is 0. The predicted molar refractivity (Wildman–Crippen MR) is 79.9 cm³/mol. The third kappa shape index (κ3) is 4.66. The van der Waals surface area contributed by atoms with Crippen molar-refractivity contribution in [1.29, 1.82) is 0 Å². The number of halogens is 1. The van der Waals surface area contributed by atoms with Crippen molar-refractivity contribution in [2.45, 2.75) is 51.2 Å². The van der Waals surface area contributed by atoms with Crippen LogP contribution in [-0.4, -0.2) is 45.4 Å². The van der Waals surface area contributed by atoms with Gasteiger partial charge in [0.05, 0.1) is 11.8 Å². The van der Waals surface area contributed by atoms with Gasteiger partial charge in [-0.1, -0.05) is 0 Å². The van der Waals surface area contributed by atoms with E-state index in [1.165, 1.54) is 6.07 Å². The van der Waals surface area contributed by atoms with Crippen LogP contribution in [0.1, 0.15) is 39.3 Å². The fourth-order valence-electron chi connectivity index (χ4n) is 2.46. The first-order chi connectivity index (χ1) is 10.2. The van der Waals surface area contributed by atoms with Gasteiger partial charge in [0.2, 0.25) is 0 Å². The Balaban J connectivity index is 1.90. The van der Waals surface area contributed by atoms with E-state index < -0.39 is 17.0 Å². The van der Waals surface area contributed by atoms with Crippen molar-refractivity contribution >= 4 is 6.09 Å². The highest BCUT2D eigenvalue weighted by Gasteiger charge is 2.35. The Bertz CT molecular complexity index is 517. The molecule has 2 heterocycles. The number of carbonyl (C=O) groups is 1. The van der Waals surface area contributed by atoms with Gasteiger partial charge in [0.15, 0.2) is 0 Å². The van der Waals surface area contributed by atoms with Crippen molar-refractivity contribution in [1.82, 2.24) is 9.88 Å². The second-order valence-electron chi connectivity index (χ2n) is 6.84. The van der Waals surface area contributed by atoms with Crippen LogP contribution in [0.4, 0.5) is 9.18 Å². The molecule has 0 aliphatic carbocycles. The average Bonchev–Trinajstić information content (AvgIpc) is 2.40. The van der Waals surface area contributed by atoms with E-state index >= 15 is 0 Å².